The molecule has 1 aliphatic heterocycles. The highest BCUT2D eigenvalue weighted by molar-refractivity contribution is 9.10. The van der Waals surface area contributed by atoms with Crippen LogP contribution in [-0.2, 0) is 4.79 Å². The quantitative estimate of drug-likeness (QED) is 0.868. The van der Waals surface area contributed by atoms with Gasteiger partial charge in [0.15, 0.2) is 0 Å². The van der Waals surface area contributed by atoms with Crippen LogP contribution in [0.15, 0.2) is 59.1 Å². The number of piperidine rings is 1. The molecule has 2 aromatic rings. The van der Waals surface area contributed by atoms with Gasteiger partial charge in [-0.3, -0.25) is 9.59 Å². The number of likely N-dealkylation sites (tertiary alicyclic amines) is 1. The number of benzene rings is 2. The van der Waals surface area contributed by atoms with E-state index in [4.69, 9.17) is 0 Å². The minimum atomic E-state index is -0.0477. The van der Waals surface area contributed by atoms with E-state index in [9.17, 15) is 9.59 Å². The van der Waals surface area contributed by atoms with Crippen molar-refractivity contribution in [3.05, 3.63) is 64.6 Å². The average Bonchev–Trinajstić information content (AvgIpc) is 2.62. The lowest BCUT2D eigenvalue weighted by atomic mass is 9.95. The van der Waals surface area contributed by atoms with Crippen molar-refractivity contribution in [2.24, 2.45) is 5.92 Å². The van der Waals surface area contributed by atoms with Crippen molar-refractivity contribution < 1.29 is 9.59 Å². The summed E-state index contributed by atoms with van der Waals surface area (Å²) in [6.45, 7) is 1.21. The summed E-state index contributed by atoms with van der Waals surface area (Å²) in [5.41, 5.74) is 1.49. The highest BCUT2D eigenvalue weighted by Gasteiger charge is 2.28. The van der Waals surface area contributed by atoms with Crippen LogP contribution in [0.25, 0.3) is 0 Å². The second-order valence-corrected chi connectivity index (χ2v) is 6.76. The van der Waals surface area contributed by atoms with Crippen LogP contribution in [0, 0.1) is 5.92 Å². The molecule has 2 aromatic carbocycles. The van der Waals surface area contributed by atoms with Crippen LogP contribution >= 0.6 is 15.9 Å². The lowest BCUT2D eigenvalue weighted by molar-refractivity contribution is -0.121. The van der Waals surface area contributed by atoms with Crippen LogP contribution in [-0.4, -0.2) is 29.8 Å². The predicted molar refractivity (Wildman–Crippen MR) is 97.8 cm³/mol. The van der Waals surface area contributed by atoms with Gasteiger partial charge >= 0.3 is 0 Å². The van der Waals surface area contributed by atoms with Crippen molar-refractivity contribution in [1.82, 2.24) is 4.90 Å². The number of para-hydroxylation sites is 1. The van der Waals surface area contributed by atoms with E-state index in [1.807, 2.05) is 59.5 Å². The minimum Gasteiger partial charge on any atom is -0.339 e. The Balaban J connectivity index is 1.57. The van der Waals surface area contributed by atoms with Gasteiger partial charge in [-0.25, -0.2) is 0 Å². The maximum atomic E-state index is 12.6. The van der Waals surface area contributed by atoms with E-state index in [1.165, 1.54) is 0 Å². The smallest absolute Gasteiger partial charge is 0.254 e. The Morgan fingerprint density at radius 1 is 0.958 bits per heavy atom. The van der Waals surface area contributed by atoms with Gasteiger partial charge in [0.1, 0.15) is 0 Å². The molecule has 24 heavy (non-hydrogen) atoms. The molecule has 0 atom stereocenters. The number of carbonyl (C=O) groups is 2. The number of rotatable bonds is 3. The molecule has 1 aliphatic rings. The van der Waals surface area contributed by atoms with Gasteiger partial charge in [0.05, 0.1) is 5.56 Å². The number of carbonyl (C=O) groups excluding carboxylic acids is 2. The molecule has 0 bridgehead atoms. The van der Waals surface area contributed by atoms with Gasteiger partial charge in [0, 0.05) is 29.2 Å². The molecule has 0 saturated carbocycles. The van der Waals surface area contributed by atoms with Gasteiger partial charge in [-0.15, -0.1) is 0 Å². The van der Waals surface area contributed by atoms with Crippen molar-refractivity contribution in [2.75, 3.05) is 18.4 Å². The van der Waals surface area contributed by atoms with E-state index in [0.29, 0.717) is 31.5 Å². The summed E-state index contributed by atoms with van der Waals surface area (Å²) < 4.78 is 0.805. The lowest BCUT2D eigenvalue weighted by Crippen LogP contribution is -2.41. The topological polar surface area (TPSA) is 49.4 Å². The van der Waals surface area contributed by atoms with Crippen LogP contribution < -0.4 is 5.32 Å². The van der Waals surface area contributed by atoms with Crippen LogP contribution in [0.1, 0.15) is 23.2 Å². The molecule has 1 heterocycles. The highest BCUT2D eigenvalue weighted by atomic mass is 79.9. The zero-order valence-corrected chi connectivity index (χ0v) is 14.8. The molecule has 3 rings (SSSR count). The number of amides is 2. The Hall–Kier alpha value is -2.14. The van der Waals surface area contributed by atoms with E-state index in [1.54, 1.807) is 0 Å². The van der Waals surface area contributed by atoms with E-state index in [-0.39, 0.29) is 17.7 Å². The van der Waals surface area contributed by atoms with Crippen LogP contribution in [0.4, 0.5) is 5.69 Å². The number of hydrogen-bond donors (Lipinski definition) is 1. The fourth-order valence-electron chi connectivity index (χ4n) is 2.92. The monoisotopic (exact) mass is 386 g/mol. The minimum absolute atomic E-state index is 0.0180. The third-order valence-corrected chi connectivity index (χ3v) is 4.99. The number of nitrogens with zero attached hydrogens (tertiary/aromatic N) is 1. The number of hydrogen-bond acceptors (Lipinski definition) is 2. The molecule has 4 nitrogen and oxygen atoms in total. The van der Waals surface area contributed by atoms with Crippen LogP contribution in [0.5, 0.6) is 0 Å². The molecule has 0 radical (unpaired) electrons. The maximum Gasteiger partial charge on any atom is 0.254 e. The Morgan fingerprint density at radius 3 is 2.25 bits per heavy atom. The molecular formula is C19H19BrN2O2. The molecule has 2 amide bonds. The van der Waals surface area contributed by atoms with Gasteiger partial charge < -0.3 is 10.2 Å². The van der Waals surface area contributed by atoms with Gasteiger partial charge in [0.25, 0.3) is 5.91 Å². The summed E-state index contributed by atoms with van der Waals surface area (Å²) in [6, 6.07) is 16.9. The van der Waals surface area contributed by atoms with Crippen LogP contribution in [0.2, 0.25) is 0 Å². The first-order chi connectivity index (χ1) is 11.6. The normalized spacial score (nSPS) is 15.1. The number of nitrogens with one attached hydrogen (secondary N) is 1. The van der Waals surface area contributed by atoms with Crippen molar-refractivity contribution in [1.29, 1.82) is 0 Å². The third-order valence-electron chi connectivity index (χ3n) is 4.30. The third kappa shape index (κ3) is 3.85. The van der Waals surface area contributed by atoms with Gasteiger partial charge in [0.2, 0.25) is 5.91 Å². The Morgan fingerprint density at radius 2 is 1.58 bits per heavy atom. The largest absolute Gasteiger partial charge is 0.339 e. The fraction of sp³-hybridized carbons (Fsp3) is 0.263. The SMILES string of the molecule is O=C(Nc1ccccc1)C1CCN(C(=O)c2ccccc2Br)CC1. The Labute approximate surface area is 150 Å². The van der Waals surface area contributed by atoms with E-state index in [0.717, 1.165) is 10.2 Å². The molecule has 0 unspecified atom stereocenters. The first-order valence-corrected chi connectivity index (χ1v) is 8.84. The van der Waals surface area contributed by atoms with Gasteiger partial charge in [-0.1, -0.05) is 30.3 Å². The highest BCUT2D eigenvalue weighted by Crippen LogP contribution is 2.23. The summed E-state index contributed by atoms with van der Waals surface area (Å²) in [4.78, 5) is 26.8. The zero-order chi connectivity index (χ0) is 16.9. The van der Waals surface area contributed by atoms with Crippen molar-refractivity contribution in [2.45, 2.75) is 12.8 Å². The Kier molecular flexibility index (Phi) is 5.30. The standard InChI is InChI=1S/C19H19BrN2O2/c20-17-9-5-4-8-16(17)19(24)22-12-10-14(11-13-22)18(23)21-15-6-2-1-3-7-15/h1-9,14H,10-13H2,(H,21,23). The summed E-state index contributed by atoms with van der Waals surface area (Å²) in [5, 5.41) is 2.95. The summed E-state index contributed by atoms with van der Waals surface area (Å²) in [7, 11) is 0. The molecule has 1 saturated heterocycles. The second kappa shape index (κ2) is 7.62. The molecule has 0 aliphatic carbocycles. The number of anilines is 1. The molecule has 124 valence electrons. The summed E-state index contributed by atoms with van der Waals surface area (Å²) in [6.07, 6.45) is 1.38. The van der Waals surface area contributed by atoms with Crippen molar-refractivity contribution in [3.8, 4) is 0 Å². The van der Waals surface area contributed by atoms with Crippen molar-refractivity contribution in [3.63, 3.8) is 0 Å². The molecule has 1 fully saturated rings. The van der Waals surface area contributed by atoms with Gasteiger partial charge in [-0.2, -0.15) is 0 Å². The average molecular weight is 387 g/mol. The van der Waals surface area contributed by atoms with Crippen molar-refractivity contribution >= 4 is 33.4 Å². The Bertz CT molecular complexity index is 725. The van der Waals surface area contributed by atoms with Gasteiger partial charge in [-0.05, 0) is 53.0 Å². The molecule has 0 spiro atoms. The zero-order valence-electron chi connectivity index (χ0n) is 13.2. The second-order valence-electron chi connectivity index (χ2n) is 5.90. The molecule has 1 N–H and O–H groups in total. The molecule has 5 heteroatoms. The summed E-state index contributed by atoms with van der Waals surface area (Å²) in [5.74, 6) is 0.00653. The first-order valence-electron chi connectivity index (χ1n) is 8.05. The molecular weight excluding hydrogens is 368 g/mol. The van der Waals surface area contributed by atoms with E-state index >= 15 is 0 Å². The maximum absolute atomic E-state index is 12.6. The lowest BCUT2D eigenvalue weighted by Gasteiger charge is -2.31. The molecule has 0 aromatic heterocycles. The van der Waals surface area contributed by atoms with Crippen LogP contribution in [0.3, 0.4) is 0 Å². The summed E-state index contributed by atoms with van der Waals surface area (Å²) >= 11 is 3.42. The first kappa shape index (κ1) is 16.7. The van der Waals surface area contributed by atoms with E-state index in [2.05, 4.69) is 21.2 Å². The van der Waals surface area contributed by atoms with E-state index < -0.39 is 0 Å². The fourth-order valence-corrected chi connectivity index (χ4v) is 3.37. The number of halogens is 1. The predicted octanol–water partition coefficient (Wildman–Crippen LogP) is 3.94.